The van der Waals surface area contributed by atoms with Crippen molar-refractivity contribution in [2.75, 3.05) is 0 Å². The van der Waals surface area contributed by atoms with Crippen LogP contribution in [0.2, 0.25) is 5.15 Å². The molecule has 2 heterocycles. The summed E-state index contributed by atoms with van der Waals surface area (Å²) in [6.45, 7) is 2.05. The van der Waals surface area contributed by atoms with Gasteiger partial charge in [-0.15, -0.1) is 11.3 Å². The van der Waals surface area contributed by atoms with Crippen molar-refractivity contribution in [3.63, 3.8) is 0 Å². The van der Waals surface area contributed by atoms with Gasteiger partial charge >= 0.3 is 0 Å². The van der Waals surface area contributed by atoms with Gasteiger partial charge in [0.25, 0.3) is 0 Å². The standard InChI is InChI=1S/C22H14ClN3S/c1-14-6-8-15(9-7-14)20-13-27-22(26-20)18(12-24)11-17-10-16-4-2-3-5-19(16)25-21(17)23/h2-11,13H,1H3. The van der Waals surface area contributed by atoms with E-state index in [1.807, 2.05) is 54.8 Å². The van der Waals surface area contributed by atoms with E-state index in [1.165, 1.54) is 16.9 Å². The van der Waals surface area contributed by atoms with Gasteiger partial charge < -0.3 is 0 Å². The summed E-state index contributed by atoms with van der Waals surface area (Å²) in [5.41, 5.74) is 5.10. The number of thiazole rings is 1. The molecule has 0 aliphatic heterocycles. The second kappa shape index (κ2) is 7.32. The molecule has 5 heteroatoms. The van der Waals surface area contributed by atoms with E-state index in [4.69, 9.17) is 11.6 Å². The molecule has 0 spiro atoms. The molecule has 3 nitrogen and oxygen atoms in total. The van der Waals surface area contributed by atoms with E-state index in [0.717, 1.165) is 22.2 Å². The zero-order chi connectivity index (χ0) is 18.8. The van der Waals surface area contributed by atoms with Gasteiger partial charge in [-0.3, -0.25) is 0 Å². The maximum Gasteiger partial charge on any atom is 0.137 e. The molecule has 0 amide bonds. The number of aromatic nitrogens is 2. The fourth-order valence-corrected chi connectivity index (χ4v) is 3.76. The SMILES string of the molecule is Cc1ccc(-c2csc(C(C#N)=Cc3cc4ccccc4nc3Cl)n2)cc1. The minimum atomic E-state index is 0.372. The smallest absolute Gasteiger partial charge is 0.137 e. The first-order chi connectivity index (χ1) is 13.1. The van der Waals surface area contributed by atoms with Gasteiger partial charge in [0.1, 0.15) is 16.2 Å². The zero-order valence-electron chi connectivity index (χ0n) is 14.5. The molecule has 130 valence electrons. The lowest BCUT2D eigenvalue weighted by Crippen LogP contribution is -1.87. The van der Waals surface area contributed by atoms with E-state index < -0.39 is 0 Å². The average molecular weight is 388 g/mol. The van der Waals surface area contributed by atoms with Crippen molar-refractivity contribution in [2.24, 2.45) is 0 Å². The third-order valence-electron chi connectivity index (χ3n) is 4.21. The summed E-state index contributed by atoms with van der Waals surface area (Å²) in [6.07, 6.45) is 1.75. The normalized spacial score (nSPS) is 11.5. The first-order valence-corrected chi connectivity index (χ1v) is 9.60. The highest BCUT2D eigenvalue weighted by molar-refractivity contribution is 7.11. The first kappa shape index (κ1) is 17.4. The second-order valence-electron chi connectivity index (χ2n) is 6.13. The number of hydrogen-bond acceptors (Lipinski definition) is 4. The molecule has 4 aromatic rings. The Kier molecular flexibility index (Phi) is 4.72. The highest BCUT2D eigenvalue weighted by Crippen LogP contribution is 2.29. The molecule has 2 aromatic carbocycles. The van der Waals surface area contributed by atoms with Crippen molar-refractivity contribution in [1.29, 1.82) is 5.26 Å². The number of hydrogen-bond donors (Lipinski definition) is 0. The quantitative estimate of drug-likeness (QED) is 0.302. The van der Waals surface area contributed by atoms with Crippen molar-refractivity contribution in [3.8, 4) is 17.3 Å². The van der Waals surface area contributed by atoms with Gasteiger partial charge in [0.05, 0.1) is 16.8 Å². The van der Waals surface area contributed by atoms with E-state index in [1.54, 1.807) is 6.08 Å². The molecule has 0 radical (unpaired) electrons. The molecule has 0 N–H and O–H groups in total. The Morgan fingerprint density at radius 1 is 1.11 bits per heavy atom. The number of para-hydroxylation sites is 1. The van der Waals surface area contributed by atoms with Crippen LogP contribution in [0.5, 0.6) is 0 Å². The summed E-state index contributed by atoms with van der Waals surface area (Å²) in [5.74, 6) is 0. The van der Waals surface area contributed by atoms with Crippen molar-refractivity contribution >= 4 is 45.5 Å². The first-order valence-electron chi connectivity index (χ1n) is 8.34. The van der Waals surface area contributed by atoms with Gasteiger partial charge in [-0.25, -0.2) is 9.97 Å². The molecule has 0 saturated carbocycles. The molecule has 0 atom stereocenters. The number of nitriles is 1. The lowest BCUT2D eigenvalue weighted by molar-refractivity contribution is 1.36. The van der Waals surface area contributed by atoms with E-state index >= 15 is 0 Å². The Hall–Kier alpha value is -3.00. The summed E-state index contributed by atoms with van der Waals surface area (Å²) in [6, 6.07) is 20.1. The van der Waals surface area contributed by atoms with Crippen LogP contribution in [0.3, 0.4) is 0 Å². The van der Waals surface area contributed by atoms with Gasteiger partial charge in [-0.2, -0.15) is 5.26 Å². The van der Waals surface area contributed by atoms with Crippen LogP contribution in [0.1, 0.15) is 16.1 Å². The maximum atomic E-state index is 9.65. The average Bonchev–Trinajstić information content (AvgIpc) is 3.17. The molecule has 0 fully saturated rings. The van der Waals surface area contributed by atoms with Crippen LogP contribution in [0.25, 0.3) is 33.8 Å². The van der Waals surface area contributed by atoms with Crippen LogP contribution in [0.15, 0.2) is 60.0 Å². The molecule has 0 aliphatic rings. The lowest BCUT2D eigenvalue weighted by atomic mass is 10.1. The highest BCUT2D eigenvalue weighted by atomic mass is 35.5. The molecule has 4 rings (SSSR count). The number of halogens is 1. The van der Waals surface area contributed by atoms with Gasteiger partial charge in [0.2, 0.25) is 0 Å². The molecule has 0 unspecified atom stereocenters. The fraction of sp³-hybridized carbons (Fsp3) is 0.0455. The summed E-state index contributed by atoms with van der Waals surface area (Å²) in [5, 5.41) is 13.6. The van der Waals surface area contributed by atoms with Crippen molar-refractivity contribution in [3.05, 3.63) is 81.3 Å². The third-order valence-corrected chi connectivity index (χ3v) is 5.39. The summed E-state index contributed by atoms with van der Waals surface area (Å²) < 4.78 is 0. The number of benzene rings is 2. The largest absolute Gasteiger partial charge is 0.235 e. The third kappa shape index (κ3) is 3.61. The summed E-state index contributed by atoms with van der Waals surface area (Å²) in [7, 11) is 0. The number of nitrogens with zero attached hydrogens (tertiary/aromatic N) is 3. The Morgan fingerprint density at radius 2 is 1.89 bits per heavy atom. The van der Waals surface area contributed by atoms with Gasteiger partial charge in [0.15, 0.2) is 0 Å². The molecule has 0 saturated heterocycles. The molecular formula is C22H14ClN3S. The van der Waals surface area contributed by atoms with Crippen molar-refractivity contribution in [1.82, 2.24) is 9.97 Å². The van der Waals surface area contributed by atoms with E-state index in [0.29, 0.717) is 21.3 Å². The number of pyridine rings is 1. The van der Waals surface area contributed by atoms with Gasteiger partial charge in [0, 0.05) is 21.9 Å². The van der Waals surface area contributed by atoms with Crippen molar-refractivity contribution in [2.45, 2.75) is 6.92 Å². The second-order valence-corrected chi connectivity index (χ2v) is 7.35. The van der Waals surface area contributed by atoms with Crippen molar-refractivity contribution < 1.29 is 0 Å². The number of fused-ring (bicyclic) bond motifs is 1. The minimum absolute atomic E-state index is 0.372. The Balaban J connectivity index is 1.73. The van der Waals surface area contributed by atoms with E-state index in [9.17, 15) is 5.26 Å². The lowest BCUT2D eigenvalue weighted by Gasteiger charge is -2.02. The molecule has 0 bridgehead atoms. The van der Waals surface area contributed by atoms with Crippen LogP contribution in [0, 0.1) is 18.3 Å². The molecule has 0 aliphatic carbocycles. The van der Waals surface area contributed by atoms with E-state index in [-0.39, 0.29) is 0 Å². The van der Waals surface area contributed by atoms with Crippen LogP contribution < -0.4 is 0 Å². The molecular weight excluding hydrogens is 374 g/mol. The molecule has 27 heavy (non-hydrogen) atoms. The monoisotopic (exact) mass is 387 g/mol. The van der Waals surface area contributed by atoms with E-state index in [2.05, 4.69) is 28.2 Å². The Labute approximate surface area is 166 Å². The van der Waals surface area contributed by atoms with Gasteiger partial charge in [-0.05, 0) is 25.1 Å². The predicted octanol–water partition coefficient (Wildman–Crippen LogP) is 6.38. The van der Waals surface area contributed by atoms with Crippen LogP contribution >= 0.6 is 22.9 Å². The highest BCUT2D eigenvalue weighted by Gasteiger charge is 2.11. The fourth-order valence-electron chi connectivity index (χ4n) is 2.76. The minimum Gasteiger partial charge on any atom is -0.235 e. The van der Waals surface area contributed by atoms with Crippen LogP contribution in [0.4, 0.5) is 0 Å². The maximum absolute atomic E-state index is 9.65. The Bertz CT molecular complexity index is 1200. The number of allylic oxidation sites excluding steroid dienone is 1. The van der Waals surface area contributed by atoms with Crippen LogP contribution in [-0.4, -0.2) is 9.97 Å². The predicted molar refractivity (Wildman–Crippen MR) is 113 cm³/mol. The van der Waals surface area contributed by atoms with Crippen LogP contribution in [-0.2, 0) is 0 Å². The summed E-state index contributed by atoms with van der Waals surface area (Å²) in [4.78, 5) is 9.05. The topological polar surface area (TPSA) is 49.6 Å². The number of aryl methyl sites for hydroxylation is 1. The van der Waals surface area contributed by atoms with Gasteiger partial charge in [-0.1, -0.05) is 59.6 Å². The Morgan fingerprint density at radius 3 is 2.67 bits per heavy atom. The number of rotatable bonds is 3. The zero-order valence-corrected chi connectivity index (χ0v) is 16.1. The molecule has 2 aromatic heterocycles. The summed E-state index contributed by atoms with van der Waals surface area (Å²) >= 11 is 7.77.